The summed E-state index contributed by atoms with van der Waals surface area (Å²) in [5, 5.41) is 3.20. The molecule has 2 N–H and O–H groups in total. The zero-order valence-electron chi connectivity index (χ0n) is 12.1. The van der Waals surface area contributed by atoms with E-state index in [2.05, 4.69) is 10.7 Å². The summed E-state index contributed by atoms with van der Waals surface area (Å²) < 4.78 is 1.95. The van der Waals surface area contributed by atoms with Crippen LogP contribution < -0.4 is 10.7 Å². The molecule has 2 aromatic carbocycles. The average Bonchev–Trinajstić information content (AvgIpc) is 2.56. The number of anilines is 1. The third-order valence-corrected chi connectivity index (χ3v) is 2.85. The van der Waals surface area contributed by atoms with Crippen molar-refractivity contribution in [2.45, 2.75) is 0 Å². The van der Waals surface area contributed by atoms with E-state index in [1.54, 1.807) is 0 Å². The number of hydrogen-bond donors (Lipinski definition) is 2. The van der Waals surface area contributed by atoms with Gasteiger partial charge in [-0.1, -0.05) is 47.2 Å². The van der Waals surface area contributed by atoms with E-state index < -0.39 is 0 Å². The van der Waals surface area contributed by atoms with Crippen molar-refractivity contribution in [3.63, 3.8) is 0 Å². The minimum atomic E-state index is 1.08. The van der Waals surface area contributed by atoms with E-state index in [-0.39, 0.29) is 0 Å². The van der Waals surface area contributed by atoms with Gasteiger partial charge >= 0.3 is 0 Å². The van der Waals surface area contributed by atoms with E-state index in [1.807, 2.05) is 103 Å². The Balaban J connectivity index is 1.90. The monoisotopic (exact) mass is 278 g/mol. The summed E-state index contributed by atoms with van der Waals surface area (Å²) in [6.45, 7) is 0. The molecular weight excluding hydrogens is 258 g/mol. The fraction of sp³-hybridized carbons (Fsp3) is 0.0556. The van der Waals surface area contributed by atoms with Crippen LogP contribution in [0.4, 0.5) is 11.4 Å². The highest BCUT2D eigenvalue weighted by Gasteiger charge is 2.02. The first-order valence-electron chi connectivity index (χ1n) is 6.90. The van der Waals surface area contributed by atoms with Crippen LogP contribution >= 0.6 is 0 Å². The maximum Gasteiger partial charge on any atom is 0.235 e. The Bertz CT molecular complexity index is 613. The molecule has 2 rings (SSSR count). The summed E-state index contributed by atoms with van der Waals surface area (Å²) >= 11 is 0. The molecule has 0 saturated carbocycles. The van der Waals surface area contributed by atoms with Gasteiger partial charge in [0.05, 0.1) is 7.05 Å². The first-order valence-corrected chi connectivity index (χ1v) is 6.90. The lowest BCUT2D eigenvalue weighted by Gasteiger charge is -1.98. The van der Waals surface area contributed by atoms with Crippen molar-refractivity contribution in [2.75, 3.05) is 12.4 Å². The van der Waals surface area contributed by atoms with Gasteiger partial charge in [0.2, 0.25) is 5.69 Å². The van der Waals surface area contributed by atoms with Crippen molar-refractivity contribution in [1.82, 2.24) is 5.43 Å². The number of allylic oxidation sites excluding steroid dienone is 3. The lowest BCUT2D eigenvalue weighted by molar-refractivity contribution is -0.496. The van der Waals surface area contributed by atoms with Crippen LogP contribution in [0.5, 0.6) is 0 Å². The molecule has 3 nitrogen and oxygen atoms in total. The topological polar surface area (TPSA) is 27.1 Å². The van der Waals surface area contributed by atoms with Crippen molar-refractivity contribution in [3.8, 4) is 0 Å². The highest BCUT2D eigenvalue weighted by molar-refractivity contribution is 5.68. The maximum absolute atomic E-state index is 3.20. The molecule has 0 unspecified atom stereocenters. The number of nitrogens with zero attached hydrogens (tertiary/aromatic N) is 1. The highest BCUT2D eigenvalue weighted by Crippen LogP contribution is 2.07. The molecule has 0 amide bonds. The van der Waals surface area contributed by atoms with Crippen LogP contribution in [0.15, 0.2) is 85.1 Å². The first-order chi connectivity index (χ1) is 10.4. The molecule has 0 heterocycles. The number of hydrogen-bond acceptors (Lipinski definition) is 2. The molecule has 0 saturated heterocycles. The molecule has 106 valence electrons. The Kier molecular flexibility index (Phi) is 5.82. The quantitative estimate of drug-likeness (QED) is 0.365. The van der Waals surface area contributed by atoms with Gasteiger partial charge in [-0.2, -0.15) is 5.43 Å². The average molecular weight is 278 g/mol. The number of rotatable bonds is 6. The van der Waals surface area contributed by atoms with E-state index in [0.29, 0.717) is 0 Å². The summed E-state index contributed by atoms with van der Waals surface area (Å²) in [5.74, 6) is 0. The zero-order valence-corrected chi connectivity index (χ0v) is 12.1. The summed E-state index contributed by atoms with van der Waals surface area (Å²) in [6.07, 6.45) is 9.80. The van der Waals surface area contributed by atoms with Gasteiger partial charge in [0.1, 0.15) is 0 Å². The van der Waals surface area contributed by atoms with E-state index in [0.717, 1.165) is 11.4 Å². The number of hydrazine groups is 1. The second kappa shape index (κ2) is 8.38. The van der Waals surface area contributed by atoms with E-state index in [1.165, 1.54) is 0 Å². The second-order valence-electron chi connectivity index (χ2n) is 4.33. The molecule has 0 aromatic heterocycles. The van der Waals surface area contributed by atoms with Crippen molar-refractivity contribution < 1.29 is 4.68 Å². The second-order valence-corrected chi connectivity index (χ2v) is 4.33. The largest absolute Gasteiger partial charge is 0.362 e. The Morgan fingerprint density at radius 1 is 0.810 bits per heavy atom. The summed E-state index contributed by atoms with van der Waals surface area (Å²) in [7, 11) is 1.89. The molecule has 0 bridgehead atoms. The van der Waals surface area contributed by atoms with Gasteiger partial charge in [-0.05, 0) is 18.2 Å². The summed E-state index contributed by atoms with van der Waals surface area (Å²) in [4.78, 5) is 0. The van der Waals surface area contributed by atoms with Crippen LogP contribution in [0.2, 0.25) is 0 Å². The van der Waals surface area contributed by atoms with Gasteiger partial charge in [0.15, 0.2) is 6.21 Å². The third-order valence-electron chi connectivity index (χ3n) is 2.85. The Morgan fingerprint density at radius 3 is 2.14 bits per heavy atom. The highest BCUT2D eigenvalue weighted by atomic mass is 15.4. The molecule has 21 heavy (non-hydrogen) atoms. The van der Waals surface area contributed by atoms with Crippen molar-refractivity contribution >= 4 is 17.6 Å². The summed E-state index contributed by atoms with van der Waals surface area (Å²) in [6, 6.07) is 20.2. The van der Waals surface area contributed by atoms with E-state index in [9.17, 15) is 0 Å². The molecule has 0 aliphatic carbocycles. The van der Waals surface area contributed by atoms with Gasteiger partial charge in [0.25, 0.3) is 0 Å². The standard InChI is InChI=1S/C18H19N3/c1-19-21(18-13-7-3-8-14-18)16-10-4-9-15-20-17-11-5-2-6-12-17/h2-16,19H,1H3/p+1. The summed E-state index contributed by atoms with van der Waals surface area (Å²) in [5.41, 5.74) is 5.29. The van der Waals surface area contributed by atoms with Gasteiger partial charge < -0.3 is 5.32 Å². The molecule has 0 fully saturated rings. The van der Waals surface area contributed by atoms with Gasteiger partial charge in [-0.25, -0.2) is 0 Å². The minimum absolute atomic E-state index is 1.08. The van der Waals surface area contributed by atoms with Crippen molar-refractivity contribution in [1.29, 1.82) is 0 Å². The molecule has 0 atom stereocenters. The Hall–Kier alpha value is -2.81. The molecule has 0 spiro atoms. The predicted octanol–water partition coefficient (Wildman–Crippen LogP) is 3.72. The Labute approximate surface area is 125 Å². The van der Waals surface area contributed by atoms with Gasteiger partial charge in [0, 0.05) is 30.1 Å². The third kappa shape index (κ3) is 4.99. The fourth-order valence-corrected chi connectivity index (χ4v) is 1.81. The number of hydrazone groups is 1. The van der Waals surface area contributed by atoms with Crippen LogP contribution in [-0.2, 0) is 0 Å². The number of nitrogens with one attached hydrogen (secondary N) is 2. The molecular formula is C18H20N3+. The normalized spacial score (nSPS) is 12.0. The predicted molar refractivity (Wildman–Crippen MR) is 89.8 cm³/mol. The van der Waals surface area contributed by atoms with Crippen LogP contribution in [0.25, 0.3) is 0 Å². The maximum atomic E-state index is 3.20. The van der Waals surface area contributed by atoms with Crippen LogP contribution in [0.3, 0.4) is 0 Å². The first kappa shape index (κ1) is 14.6. The SMILES string of the molecule is CN\[N+](=C/C=C/C=C/Nc1ccccc1)c1ccccc1. The van der Waals surface area contributed by atoms with Gasteiger partial charge in [-0.15, -0.1) is 0 Å². The Morgan fingerprint density at radius 2 is 1.48 bits per heavy atom. The molecule has 0 radical (unpaired) electrons. The number of benzene rings is 2. The van der Waals surface area contributed by atoms with E-state index in [4.69, 9.17) is 0 Å². The zero-order chi connectivity index (χ0) is 14.8. The van der Waals surface area contributed by atoms with Crippen molar-refractivity contribution in [2.24, 2.45) is 0 Å². The van der Waals surface area contributed by atoms with Gasteiger partial charge in [-0.3, -0.25) is 0 Å². The number of para-hydroxylation sites is 2. The molecule has 0 aliphatic rings. The fourth-order valence-electron chi connectivity index (χ4n) is 1.81. The van der Waals surface area contributed by atoms with Crippen molar-refractivity contribution in [3.05, 3.63) is 85.1 Å². The lowest BCUT2D eigenvalue weighted by Crippen LogP contribution is -2.20. The van der Waals surface area contributed by atoms with Crippen LogP contribution in [-0.4, -0.2) is 17.9 Å². The van der Waals surface area contributed by atoms with E-state index >= 15 is 0 Å². The minimum Gasteiger partial charge on any atom is -0.362 e. The lowest BCUT2D eigenvalue weighted by atomic mass is 10.3. The molecule has 3 heteroatoms. The smallest absolute Gasteiger partial charge is 0.235 e. The van der Waals surface area contributed by atoms with Crippen LogP contribution in [0, 0.1) is 0 Å². The molecule has 2 aromatic rings. The molecule has 0 aliphatic heterocycles. The van der Waals surface area contributed by atoms with Crippen LogP contribution in [0.1, 0.15) is 0 Å².